The van der Waals surface area contributed by atoms with Crippen LogP contribution >= 0.6 is 11.8 Å². The average Bonchev–Trinajstić information content (AvgIpc) is 2.53. The highest BCUT2D eigenvalue weighted by Gasteiger charge is 2.42. The Morgan fingerprint density at radius 2 is 1.92 bits per heavy atom. The lowest BCUT2D eigenvalue weighted by Crippen LogP contribution is -2.27. The highest BCUT2D eigenvalue weighted by molar-refractivity contribution is 8.04. The Balaban J connectivity index is 2.28. The number of hydrogen-bond donors (Lipinski definition) is 1. The molecule has 0 bridgehead atoms. The van der Waals surface area contributed by atoms with Gasteiger partial charge in [0.25, 0.3) is 5.91 Å². The molecular formula is C19H24F3NO2S. The molecule has 3 nitrogen and oxygen atoms in total. The third-order valence-corrected chi connectivity index (χ3v) is 4.93. The Bertz CT molecular complexity index is 693. The summed E-state index contributed by atoms with van der Waals surface area (Å²) < 4.78 is 44.1. The van der Waals surface area contributed by atoms with Gasteiger partial charge in [-0.1, -0.05) is 45.9 Å². The first-order valence-electron chi connectivity index (χ1n) is 8.46. The highest BCUT2D eigenvalue weighted by Crippen LogP contribution is 2.38. The zero-order valence-electron chi connectivity index (χ0n) is 15.4. The van der Waals surface area contributed by atoms with Crippen LogP contribution in [0.15, 0.2) is 34.9 Å². The third kappa shape index (κ3) is 5.43. The Labute approximate surface area is 156 Å². The van der Waals surface area contributed by atoms with E-state index in [-0.39, 0.29) is 17.9 Å². The van der Waals surface area contributed by atoms with E-state index >= 15 is 0 Å². The minimum absolute atomic E-state index is 0.0600. The van der Waals surface area contributed by atoms with Crippen molar-refractivity contribution in [2.45, 2.75) is 46.2 Å². The second-order valence-electron chi connectivity index (χ2n) is 7.56. The molecule has 1 N–H and O–H groups in total. The predicted octanol–water partition coefficient (Wildman–Crippen LogP) is 5.70. The van der Waals surface area contributed by atoms with Crippen LogP contribution < -0.4 is 5.32 Å². The molecule has 0 radical (unpaired) electrons. The molecule has 1 aromatic carbocycles. The van der Waals surface area contributed by atoms with Gasteiger partial charge in [-0.25, -0.2) is 0 Å². The Morgan fingerprint density at radius 3 is 2.54 bits per heavy atom. The summed E-state index contributed by atoms with van der Waals surface area (Å²) >= 11 is 0.872. The molecule has 26 heavy (non-hydrogen) atoms. The fraction of sp³-hybridized carbons (Fsp3) is 0.526. The van der Waals surface area contributed by atoms with Crippen molar-refractivity contribution in [2.24, 2.45) is 5.41 Å². The molecule has 0 aliphatic carbocycles. The molecule has 144 valence electrons. The van der Waals surface area contributed by atoms with Crippen LogP contribution in [-0.2, 0) is 9.53 Å². The van der Waals surface area contributed by atoms with E-state index in [0.29, 0.717) is 11.4 Å². The normalized spacial score (nSPS) is 16.9. The summed E-state index contributed by atoms with van der Waals surface area (Å²) in [5, 5.41) is 2.65. The van der Waals surface area contributed by atoms with Gasteiger partial charge < -0.3 is 10.1 Å². The number of carbonyl (C=O) groups is 1. The lowest BCUT2D eigenvalue weighted by atomic mass is 9.82. The lowest BCUT2D eigenvalue weighted by Gasteiger charge is -2.26. The molecule has 1 heterocycles. The predicted molar refractivity (Wildman–Crippen MR) is 99.0 cm³/mol. The smallest absolute Gasteiger partial charge is 0.450 e. The van der Waals surface area contributed by atoms with Gasteiger partial charge in [-0.05, 0) is 29.4 Å². The molecule has 1 aliphatic rings. The topological polar surface area (TPSA) is 38.3 Å². The number of ether oxygens (including phenoxy) is 1. The van der Waals surface area contributed by atoms with Crippen LogP contribution in [0.25, 0.3) is 0 Å². The number of alkyl halides is 3. The van der Waals surface area contributed by atoms with Crippen molar-refractivity contribution in [3.05, 3.63) is 40.5 Å². The second-order valence-corrected chi connectivity index (χ2v) is 8.67. The molecule has 0 fully saturated rings. The van der Waals surface area contributed by atoms with Crippen molar-refractivity contribution >= 4 is 23.4 Å². The molecule has 1 aromatic rings. The number of anilines is 1. The first-order chi connectivity index (χ1) is 12.0. The van der Waals surface area contributed by atoms with Crippen molar-refractivity contribution in [2.75, 3.05) is 17.7 Å². The zero-order chi connectivity index (χ0) is 19.5. The molecule has 0 aromatic heterocycles. The largest absolute Gasteiger partial charge is 0.487 e. The van der Waals surface area contributed by atoms with E-state index in [1.165, 1.54) is 0 Å². The van der Waals surface area contributed by atoms with Gasteiger partial charge in [0.15, 0.2) is 0 Å². The molecule has 7 heteroatoms. The maximum atomic E-state index is 13.1. The van der Waals surface area contributed by atoms with E-state index in [0.717, 1.165) is 23.7 Å². The SMILES string of the molecule is CC(CC(C)(C)C)c1ccccc1NC(=O)C1=C(C(F)(F)F)OCCS1. The van der Waals surface area contributed by atoms with Crippen LogP contribution in [0.3, 0.4) is 0 Å². The molecule has 2 rings (SSSR count). The molecular weight excluding hydrogens is 363 g/mol. The first-order valence-corrected chi connectivity index (χ1v) is 9.45. The van der Waals surface area contributed by atoms with E-state index in [1.54, 1.807) is 12.1 Å². The fourth-order valence-electron chi connectivity index (χ4n) is 3.05. The monoisotopic (exact) mass is 387 g/mol. The Hall–Kier alpha value is -1.63. The molecule has 0 saturated carbocycles. The number of amides is 1. The van der Waals surface area contributed by atoms with Gasteiger partial charge in [0.1, 0.15) is 4.91 Å². The number of benzene rings is 1. The van der Waals surface area contributed by atoms with Gasteiger partial charge in [-0.2, -0.15) is 13.2 Å². The average molecular weight is 387 g/mol. The van der Waals surface area contributed by atoms with Crippen LogP contribution in [0.5, 0.6) is 0 Å². The molecule has 1 atom stereocenters. The van der Waals surface area contributed by atoms with Crippen molar-refractivity contribution in [1.29, 1.82) is 0 Å². The summed E-state index contributed by atoms with van der Waals surface area (Å²) in [5.74, 6) is -1.52. The number of hydrogen-bond acceptors (Lipinski definition) is 3. The maximum absolute atomic E-state index is 13.1. The standard InChI is InChI=1S/C19H24F3NO2S/c1-12(11-18(2,3)4)13-7-5-6-8-14(13)23-17(24)15-16(19(20,21)22)25-9-10-26-15/h5-8,12H,9-11H2,1-4H3,(H,23,24). The lowest BCUT2D eigenvalue weighted by molar-refractivity contribution is -0.133. The quantitative estimate of drug-likeness (QED) is 0.720. The van der Waals surface area contributed by atoms with E-state index < -0.39 is 22.7 Å². The van der Waals surface area contributed by atoms with Gasteiger partial charge in [0.2, 0.25) is 5.76 Å². The number of carbonyl (C=O) groups excluding carboxylic acids is 1. The van der Waals surface area contributed by atoms with Crippen molar-refractivity contribution in [3.8, 4) is 0 Å². The third-order valence-electron chi connectivity index (χ3n) is 3.90. The van der Waals surface area contributed by atoms with Crippen LogP contribution in [0.1, 0.15) is 45.6 Å². The van der Waals surface area contributed by atoms with Gasteiger partial charge >= 0.3 is 6.18 Å². The van der Waals surface area contributed by atoms with Crippen molar-refractivity contribution < 1.29 is 22.7 Å². The Kier molecular flexibility index (Phi) is 6.32. The summed E-state index contributed by atoms with van der Waals surface area (Å²) in [6.45, 7) is 8.37. The van der Waals surface area contributed by atoms with Crippen molar-refractivity contribution in [1.82, 2.24) is 0 Å². The molecule has 1 unspecified atom stereocenters. The molecule has 1 amide bonds. The van der Waals surface area contributed by atoms with E-state index in [1.807, 2.05) is 12.1 Å². The summed E-state index contributed by atoms with van der Waals surface area (Å²) in [4.78, 5) is 12.1. The minimum atomic E-state index is -4.68. The number of halogens is 3. The molecule has 1 aliphatic heterocycles. The number of allylic oxidation sites excluding steroid dienone is 1. The summed E-state index contributed by atoms with van der Waals surface area (Å²) in [6.07, 6.45) is -3.80. The minimum Gasteiger partial charge on any atom is -0.487 e. The van der Waals surface area contributed by atoms with Crippen molar-refractivity contribution in [3.63, 3.8) is 0 Å². The second kappa shape index (κ2) is 7.94. The summed E-state index contributed by atoms with van der Waals surface area (Å²) in [5.41, 5.74) is 1.54. The molecule has 0 saturated heterocycles. The number of rotatable bonds is 4. The van der Waals surface area contributed by atoms with E-state index in [9.17, 15) is 18.0 Å². The van der Waals surface area contributed by atoms with Gasteiger partial charge in [0, 0.05) is 11.4 Å². The van der Waals surface area contributed by atoms with Gasteiger partial charge in [0.05, 0.1) is 6.61 Å². The van der Waals surface area contributed by atoms with Gasteiger partial charge in [-0.15, -0.1) is 11.8 Å². The Morgan fingerprint density at radius 1 is 1.27 bits per heavy atom. The number of para-hydroxylation sites is 1. The molecule has 0 spiro atoms. The van der Waals surface area contributed by atoms with Crippen LogP contribution in [0, 0.1) is 5.41 Å². The van der Waals surface area contributed by atoms with E-state index in [2.05, 4.69) is 33.0 Å². The summed E-state index contributed by atoms with van der Waals surface area (Å²) in [7, 11) is 0. The first kappa shape index (κ1) is 20.7. The van der Waals surface area contributed by atoms with E-state index in [4.69, 9.17) is 4.74 Å². The van der Waals surface area contributed by atoms with Crippen LogP contribution in [-0.4, -0.2) is 24.4 Å². The fourth-order valence-corrected chi connectivity index (χ4v) is 3.90. The van der Waals surface area contributed by atoms with Crippen LogP contribution in [0.2, 0.25) is 0 Å². The number of thioether (sulfide) groups is 1. The maximum Gasteiger partial charge on any atom is 0.450 e. The number of nitrogens with one attached hydrogen (secondary N) is 1. The van der Waals surface area contributed by atoms with Crippen LogP contribution in [0.4, 0.5) is 18.9 Å². The summed E-state index contributed by atoms with van der Waals surface area (Å²) in [6, 6.07) is 7.24. The zero-order valence-corrected chi connectivity index (χ0v) is 16.2. The van der Waals surface area contributed by atoms with Gasteiger partial charge in [-0.3, -0.25) is 4.79 Å². The highest BCUT2D eigenvalue weighted by atomic mass is 32.2.